The van der Waals surface area contributed by atoms with Crippen molar-refractivity contribution in [3.05, 3.63) is 0 Å². The number of carbonyl (C=O) groups excluding carboxylic acids is 2. The van der Waals surface area contributed by atoms with E-state index >= 15 is 0 Å². The Kier molecular flexibility index (Phi) is 10.4. The molecule has 1 saturated carbocycles. The molecule has 3 aliphatic rings. The third-order valence-corrected chi connectivity index (χ3v) is 6.57. The molecule has 32 heavy (non-hydrogen) atoms. The zero-order chi connectivity index (χ0) is 24.7. The molecule has 0 aromatic heterocycles. The highest BCUT2D eigenvalue weighted by atomic mass is 19.1. The molecule has 4 atom stereocenters. The molecule has 3 rings (SSSR count). The normalized spacial score (nSPS) is 28.0. The van der Waals surface area contributed by atoms with Crippen LogP contribution in [0.4, 0.5) is 9.18 Å². The fraction of sp³-hybridized carbons (Fsp3) is 0.880. The first-order valence-corrected chi connectivity index (χ1v) is 12.2. The molecule has 6 nitrogen and oxygen atoms in total. The number of hydrogen-bond acceptors (Lipinski definition) is 4. The van der Waals surface area contributed by atoms with Crippen LogP contribution in [0, 0.1) is 40.4 Å². The van der Waals surface area contributed by atoms with Gasteiger partial charge in [0.05, 0.1) is 12.7 Å². The van der Waals surface area contributed by atoms with Gasteiger partial charge in [-0.1, -0.05) is 41.0 Å². The van der Waals surface area contributed by atoms with E-state index in [9.17, 15) is 14.0 Å². The quantitative estimate of drug-likeness (QED) is 0.583. The van der Waals surface area contributed by atoms with E-state index in [2.05, 4.69) is 19.9 Å². The molecule has 0 radical (unpaired) electrons. The summed E-state index contributed by atoms with van der Waals surface area (Å²) in [6.07, 6.45) is 2.33. The van der Waals surface area contributed by atoms with Gasteiger partial charge in [-0.25, -0.2) is 4.79 Å². The fourth-order valence-corrected chi connectivity index (χ4v) is 4.24. The van der Waals surface area contributed by atoms with Gasteiger partial charge >= 0.3 is 6.09 Å². The van der Waals surface area contributed by atoms with Crippen LogP contribution in [0.1, 0.15) is 74.7 Å². The van der Waals surface area contributed by atoms with Crippen LogP contribution in [0.25, 0.3) is 0 Å². The molecule has 2 saturated heterocycles. The largest absolute Gasteiger partial charge is 0.444 e. The predicted octanol–water partition coefficient (Wildman–Crippen LogP) is 5.28. The number of carbonyl (C=O) groups is 2. The van der Waals surface area contributed by atoms with Crippen LogP contribution < -0.4 is 0 Å². The lowest BCUT2D eigenvalue weighted by atomic mass is 9.96. The highest BCUT2D eigenvalue weighted by Crippen LogP contribution is 2.47. The second kappa shape index (κ2) is 11.9. The number of nitrogens with zero attached hydrogens (tertiary/aromatic N) is 3. The average Bonchev–Trinajstić information content (AvgIpc) is 3.32. The van der Waals surface area contributed by atoms with Crippen LogP contribution in [-0.4, -0.2) is 60.3 Å². The monoisotopic (exact) mass is 453 g/mol. The number of rotatable bonds is 3. The van der Waals surface area contributed by atoms with Gasteiger partial charge in [-0.2, -0.15) is 5.26 Å². The Balaban J connectivity index is 0.000000297. The van der Waals surface area contributed by atoms with Crippen LogP contribution in [-0.2, 0) is 9.53 Å². The minimum Gasteiger partial charge on any atom is -0.444 e. The first-order chi connectivity index (χ1) is 15.0. The minimum atomic E-state index is -0.745. The lowest BCUT2D eigenvalue weighted by Crippen LogP contribution is -2.35. The fourth-order valence-electron chi connectivity index (χ4n) is 4.24. The van der Waals surface area contributed by atoms with E-state index in [1.165, 1.54) is 0 Å². The first-order valence-electron chi connectivity index (χ1n) is 12.2. The van der Waals surface area contributed by atoms with Crippen molar-refractivity contribution in [3.8, 4) is 6.07 Å². The Hall–Kier alpha value is -1.84. The molecular weight excluding hydrogens is 409 g/mol. The molecule has 7 heteroatoms. The predicted molar refractivity (Wildman–Crippen MR) is 125 cm³/mol. The molecule has 0 aromatic carbocycles. The van der Waals surface area contributed by atoms with E-state index in [1.807, 2.05) is 46.4 Å². The molecular formula is C25H44FN3O3. The van der Waals surface area contributed by atoms with Gasteiger partial charge < -0.3 is 14.5 Å². The summed E-state index contributed by atoms with van der Waals surface area (Å²) < 4.78 is 17.9. The molecule has 2 aliphatic heterocycles. The summed E-state index contributed by atoms with van der Waals surface area (Å²) in [5, 5.41) is 8.90. The molecule has 184 valence electrons. The topological polar surface area (TPSA) is 73.6 Å². The molecule has 0 aromatic rings. The van der Waals surface area contributed by atoms with Gasteiger partial charge in [0.2, 0.25) is 5.91 Å². The molecule has 4 unspecified atom stereocenters. The summed E-state index contributed by atoms with van der Waals surface area (Å²) >= 11 is 0. The van der Waals surface area contributed by atoms with E-state index in [4.69, 9.17) is 10.00 Å². The van der Waals surface area contributed by atoms with Crippen molar-refractivity contribution in [2.45, 2.75) is 80.3 Å². The Morgan fingerprint density at radius 1 is 1.03 bits per heavy atom. The van der Waals surface area contributed by atoms with Gasteiger partial charge in [-0.05, 0) is 51.4 Å². The van der Waals surface area contributed by atoms with E-state index in [0.29, 0.717) is 37.8 Å². The van der Waals surface area contributed by atoms with Crippen molar-refractivity contribution in [3.63, 3.8) is 0 Å². The number of ether oxygens (including phenoxy) is 1. The van der Waals surface area contributed by atoms with E-state index in [0.717, 1.165) is 19.5 Å². The van der Waals surface area contributed by atoms with Crippen LogP contribution in [0.3, 0.4) is 0 Å². The van der Waals surface area contributed by atoms with Crippen molar-refractivity contribution in [1.29, 1.82) is 5.26 Å². The number of amides is 2. The van der Waals surface area contributed by atoms with Gasteiger partial charge in [-0.15, -0.1) is 0 Å². The summed E-state index contributed by atoms with van der Waals surface area (Å²) in [6, 6.07) is 2.09. The smallest absolute Gasteiger partial charge is 0.410 e. The van der Waals surface area contributed by atoms with Gasteiger partial charge in [0.1, 0.15) is 11.0 Å². The zero-order valence-corrected chi connectivity index (χ0v) is 21.4. The molecule has 3 fully saturated rings. The number of hydrogen-bond donors (Lipinski definition) is 0. The number of likely N-dealkylation sites (tertiary alicyclic amines) is 2. The van der Waals surface area contributed by atoms with E-state index in [-0.39, 0.29) is 36.1 Å². The Morgan fingerprint density at radius 3 is 1.91 bits per heavy atom. The second-order valence-corrected chi connectivity index (χ2v) is 10.3. The van der Waals surface area contributed by atoms with Crippen LogP contribution >= 0.6 is 0 Å². The standard InChI is InChI=1S/C12H23NO2.C11H15FN2O.C2H6/c1-6-10-8-13(7-9(10)2)11(14)15-12(3,4)5;1-8-5-14(6-9(8)4-12)10(15)11(7-13)2-3-11;1-2/h9-10H,6-8H2,1-5H3;8-9H,2-6H2,1H3;1-2H3. The summed E-state index contributed by atoms with van der Waals surface area (Å²) in [5.41, 5.74) is -1.13. The van der Waals surface area contributed by atoms with E-state index in [1.54, 1.807) is 4.90 Å². The van der Waals surface area contributed by atoms with Gasteiger partial charge in [-0.3, -0.25) is 9.18 Å². The molecule has 0 spiro atoms. The summed E-state index contributed by atoms with van der Waals surface area (Å²) in [5.74, 6) is 1.34. The number of halogens is 1. The van der Waals surface area contributed by atoms with Crippen LogP contribution in [0.5, 0.6) is 0 Å². The van der Waals surface area contributed by atoms with Gasteiger partial charge in [0, 0.05) is 32.1 Å². The highest BCUT2D eigenvalue weighted by Gasteiger charge is 2.53. The van der Waals surface area contributed by atoms with Gasteiger partial charge in [0.25, 0.3) is 0 Å². The number of alkyl halides is 1. The summed E-state index contributed by atoms with van der Waals surface area (Å²) in [7, 11) is 0. The Morgan fingerprint density at radius 2 is 1.53 bits per heavy atom. The summed E-state index contributed by atoms with van der Waals surface area (Å²) in [6.45, 7) is 18.5. The summed E-state index contributed by atoms with van der Waals surface area (Å²) in [4.78, 5) is 27.2. The third kappa shape index (κ3) is 7.35. The van der Waals surface area contributed by atoms with Crippen molar-refractivity contribution in [2.24, 2.45) is 29.1 Å². The maximum atomic E-state index is 12.6. The van der Waals surface area contributed by atoms with Crippen molar-refractivity contribution in [2.75, 3.05) is 32.9 Å². The lowest BCUT2D eigenvalue weighted by Gasteiger charge is -2.24. The maximum absolute atomic E-state index is 12.6. The average molecular weight is 454 g/mol. The second-order valence-electron chi connectivity index (χ2n) is 10.3. The van der Waals surface area contributed by atoms with Crippen molar-refractivity contribution >= 4 is 12.0 Å². The Bertz CT molecular complexity index is 666. The molecule has 2 amide bonds. The lowest BCUT2D eigenvalue weighted by molar-refractivity contribution is -0.134. The van der Waals surface area contributed by atoms with Crippen LogP contribution in [0.2, 0.25) is 0 Å². The zero-order valence-electron chi connectivity index (χ0n) is 21.4. The Labute approximate surface area is 194 Å². The molecule has 1 aliphatic carbocycles. The van der Waals surface area contributed by atoms with Gasteiger partial charge in [0.15, 0.2) is 0 Å². The molecule has 0 bridgehead atoms. The third-order valence-electron chi connectivity index (χ3n) is 6.57. The minimum absolute atomic E-state index is 0.0385. The van der Waals surface area contributed by atoms with Crippen molar-refractivity contribution < 1.29 is 18.7 Å². The van der Waals surface area contributed by atoms with Crippen LogP contribution in [0.15, 0.2) is 0 Å². The SMILES string of the molecule is CC.CC1CN(C(=O)C2(C#N)CC2)CC1CF.CCC1CN(C(=O)OC(C)(C)C)CC1C. The molecule has 0 N–H and O–H groups in total. The molecule has 2 heterocycles. The first kappa shape index (κ1) is 28.2. The van der Waals surface area contributed by atoms with Crippen molar-refractivity contribution in [1.82, 2.24) is 9.80 Å². The maximum Gasteiger partial charge on any atom is 0.410 e. The van der Waals surface area contributed by atoms with E-state index < -0.39 is 5.41 Å². The highest BCUT2D eigenvalue weighted by molar-refractivity contribution is 5.88. The number of nitriles is 1.